The van der Waals surface area contributed by atoms with Gasteiger partial charge >= 0.3 is 0 Å². The van der Waals surface area contributed by atoms with E-state index in [2.05, 4.69) is 30.9 Å². The average molecular weight is 457 g/mol. The highest BCUT2D eigenvalue weighted by Crippen LogP contribution is 2.27. The van der Waals surface area contributed by atoms with Gasteiger partial charge in [0.05, 0.1) is 36.6 Å². The Morgan fingerprint density at radius 2 is 2.09 bits per heavy atom. The number of aromatic nitrogens is 5. The second-order valence-electron chi connectivity index (χ2n) is 8.42. The number of aromatic amines is 2. The van der Waals surface area contributed by atoms with Crippen LogP contribution in [0.3, 0.4) is 0 Å². The molecular formula is C22H25F2N7O2. The summed E-state index contributed by atoms with van der Waals surface area (Å²) in [5.74, 6) is -1.33. The van der Waals surface area contributed by atoms with Gasteiger partial charge in [0, 0.05) is 12.6 Å². The molecule has 33 heavy (non-hydrogen) atoms. The van der Waals surface area contributed by atoms with E-state index in [4.69, 9.17) is 0 Å². The van der Waals surface area contributed by atoms with E-state index in [1.165, 1.54) is 23.4 Å². The highest BCUT2D eigenvalue weighted by molar-refractivity contribution is 5.89. The summed E-state index contributed by atoms with van der Waals surface area (Å²) in [4.78, 5) is 27.2. The zero-order chi connectivity index (χ0) is 23.5. The van der Waals surface area contributed by atoms with Crippen molar-refractivity contribution in [3.05, 3.63) is 65.0 Å². The highest BCUT2D eigenvalue weighted by Gasteiger charge is 2.40. The Kier molecular flexibility index (Phi) is 6.47. The van der Waals surface area contributed by atoms with Gasteiger partial charge in [-0.25, -0.2) is 8.78 Å². The molecule has 0 bridgehead atoms. The summed E-state index contributed by atoms with van der Waals surface area (Å²) in [6.07, 6.45) is 1.38. The minimum absolute atomic E-state index is 0.00325. The van der Waals surface area contributed by atoms with Crippen LogP contribution in [0.4, 0.5) is 8.78 Å². The summed E-state index contributed by atoms with van der Waals surface area (Å²) in [6, 6.07) is 4.72. The first-order chi connectivity index (χ1) is 15.8. The zero-order valence-electron chi connectivity index (χ0n) is 18.3. The summed E-state index contributed by atoms with van der Waals surface area (Å²) >= 11 is 0. The van der Waals surface area contributed by atoms with Gasteiger partial charge in [-0.2, -0.15) is 20.5 Å². The molecule has 2 amide bonds. The number of alkyl halides is 1. The van der Waals surface area contributed by atoms with E-state index in [-0.39, 0.29) is 31.1 Å². The Morgan fingerprint density at radius 1 is 1.27 bits per heavy atom. The van der Waals surface area contributed by atoms with E-state index in [1.807, 2.05) is 13.8 Å². The van der Waals surface area contributed by atoms with Gasteiger partial charge in [0.1, 0.15) is 18.0 Å². The maximum absolute atomic E-state index is 14.7. The predicted molar refractivity (Wildman–Crippen MR) is 114 cm³/mol. The van der Waals surface area contributed by atoms with E-state index in [0.29, 0.717) is 22.5 Å². The Labute approximate surface area is 189 Å². The molecule has 1 fully saturated rings. The maximum Gasteiger partial charge on any atom is 0.243 e. The van der Waals surface area contributed by atoms with Gasteiger partial charge in [0.15, 0.2) is 0 Å². The molecule has 9 nitrogen and oxygen atoms in total. The standard InChI is InChI=1S/C22H25F2N7O2/c1-12(2)16-4-3-13(7-17(16)24)21(18-5-6-25-29-18)27-22(33)19-8-14(23)11-31(19)20(32)9-15-10-26-30-28-15/h3-7,10,12,14,19,21H,8-9,11H2,1-2H3,(H,25,29)(H,27,33)(H,26,28,30)/t14-,19+,21?/m1/s1. The summed E-state index contributed by atoms with van der Waals surface area (Å²) < 4.78 is 28.9. The lowest BCUT2D eigenvalue weighted by atomic mass is 9.96. The van der Waals surface area contributed by atoms with Gasteiger partial charge in [-0.15, -0.1) is 0 Å². The lowest BCUT2D eigenvalue weighted by Crippen LogP contribution is -2.47. The van der Waals surface area contributed by atoms with E-state index >= 15 is 0 Å². The molecule has 4 rings (SSSR count). The topological polar surface area (TPSA) is 120 Å². The number of carbonyl (C=O) groups is 2. The third-order valence-corrected chi connectivity index (χ3v) is 5.77. The molecule has 174 valence electrons. The molecular weight excluding hydrogens is 432 g/mol. The number of rotatable bonds is 7. The van der Waals surface area contributed by atoms with Gasteiger partial charge in [-0.1, -0.05) is 26.0 Å². The highest BCUT2D eigenvalue weighted by atomic mass is 19.1. The van der Waals surface area contributed by atoms with Crippen LogP contribution in [-0.4, -0.2) is 61.1 Å². The van der Waals surface area contributed by atoms with Crippen molar-refractivity contribution in [1.29, 1.82) is 0 Å². The first-order valence-corrected chi connectivity index (χ1v) is 10.7. The molecule has 1 aromatic carbocycles. The van der Waals surface area contributed by atoms with Crippen LogP contribution in [0.1, 0.15) is 54.7 Å². The van der Waals surface area contributed by atoms with Crippen molar-refractivity contribution in [2.75, 3.05) is 6.54 Å². The number of hydrogen-bond acceptors (Lipinski definition) is 5. The van der Waals surface area contributed by atoms with Crippen LogP contribution >= 0.6 is 0 Å². The molecule has 2 aromatic heterocycles. The molecule has 0 radical (unpaired) electrons. The largest absolute Gasteiger partial charge is 0.342 e. The molecule has 3 atom stereocenters. The fraction of sp³-hybridized carbons (Fsp3) is 0.409. The first kappa shape index (κ1) is 22.6. The second kappa shape index (κ2) is 9.47. The molecule has 1 aliphatic rings. The Hall–Kier alpha value is -3.63. The van der Waals surface area contributed by atoms with Crippen LogP contribution in [0.2, 0.25) is 0 Å². The smallest absolute Gasteiger partial charge is 0.243 e. The first-order valence-electron chi connectivity index (χ1n) is 10.7. The van der Waals surface area contributed by atoms with Crippen molar-refractivity contribution in [2.45, 2.75) is 50.9 Å². The molecule has 3 aromatic rings. The van der Waals surface area contributed by atoms with E-state index < -0.39 is 30.1 Å². The van der Waals surface area contributed by atoms with E-state index in [0.717, 1.165) is 0 Å². The number of nitrogens with zero attached hydrogens (tertiary/aromatic N) is 4. The van der Waals surface area contributed by atoms with Crippen molar-refractivity contribution in [1.82, 2.24) is 35.8 Å². The van der Waals surface area contributed by atoms with Crippen LogP contribution in [0, 0.1) is 5.82 Å². The van der Waals surface area contributed by atoms with E-state index in [9.17, 15) is 18.4 Å². The lowest BCUT2D eigenvalue weighted by molar-refractivity contribution is -0.138. The minimum Gasteiger partial charge on any atom is -0.342 e. The number of benzene rings is 1. The number of H-pyrrole nitrogens is 2. The maximum atomic E-state index is 14.7. The zero-order valence-corrected chi connectivity index (χ0v) is 18.3. The molecule has 3 heterocycles. The van der Waals surface area contributed by atoms with Crippen LogP contribution in [0.5, 0.6) is 0 Å². The number of carbonyl (C=O) groups excluding carboxylic acids is 2. The number of hydrogen-bond donors (Lipinski definition) is 3. The average Bonchev–Trinajstić information content (AvgIpc) is 3.53. The van der Waals surface area contributed by atoms with Gasteiger partial charge in [-0.05, 0) is 29.2 Å². The van der Waals surface area contributed by atoms with Crippen LogP contribution in [0.25, 0.3) is 0 Å². The molecule has 0 saturated carbocycles. The van der Waals surface area contributed by atoms with Gasteiger partial charge < -0.3 is 10.2 Å². The molecule has 3 N–H and O–H groups in total. The Morgan fingerprint density at radius 3 is 2.73 bits per heavy atom. The number of likely N-dealkylation sites (tertiary alicyclic amines) is 1. The fourth-order valence-corrected chi connectivity index (χ4v) is 4.07. The van der Waals surface area contributed by atoms with Crippen molar-refractivity contribution in [2.24, 2.45) is 0 Å². The number of amides is 2. The molecule has 0 spiro atoms. The quantitative estimate of drug-likeness (QED) is 0.502. The third-order valence-electron chi connectivity index (χ3n) is 5.77. The van der Waals surface area contributed by atoms with Crippen molar-refractivity contribution >= 4 is 11.8 Å². The normalized spacial score (nSPS) is 19.1. The predicted octanol–water partition coefficient (Wildman–Crippen LogP) is 2.18. The summed E-state index contributed by atoms with van der Waals surface area (Å²) in [7, 11) is 0. The van der Waals surface area contributed by atoms with Crippen molar-refractivity contribution in [3.8, 4) is 0 Å². The minimum atomic E-state index is -1.32. The molecule has 0 aliphatic carbocycles. The summed E-state index contributed by atoms with van der Waals surface area (Å²) in [5.41, 5.74) is 2.01. The van der Waals surface area contributed by atoms with Crippen LogP contribution < -0.4 is 5.32 Å². The van der Waals surface area contributed by atoms with Crippen LogP contribution in [-0.2, 0) is 16.0 Å². The van der Waals surface area contributed by atoms with Gasteiger partial charge in [-0.3, -0.25) is 14.7 Å². The van der Waals surface area contributed by atoms with Crippen molar-refractivity contribution in [3.63, 3.8) is 0 Å². The van der Waals surface area contributed by atoms with Gasteiger partial charge in [0.2, 0.25) is 11.8 Å². The van der Waals surface area contributed by atoms with Crippen molar-refractivity contribution < 1.29 is 18.4 Å². The lowest BCUT2D eigenvalue weighted by Gasteiger charge is -2.26. The monoisotopic (exact) mass is 457 g/mol. The molecule has 1 aliphatic heterocycles. The SMILES string of the molecule is CC(C)c1ccc(C(NC(=O)[C@@H]2C[C@@H](F)CN2C(=O)Cc2cn[nH]n2)c2ccn[nH]2)cc1F. The second-order valence-corrected chi connectivity index (χ2v) is 8.42. The third kappa shape index (κ3) is 4.91. The Bertz CT molecular complexity index is 1100. The molecule has 1 saturated heterocycles. The summed E-state index contributed by atoms with van der Waals surface area (Å²) in [5, 5.41) is 19.5. The van der Waals surface area contributed by atoms with Gasteiger partial charge in [0.25, 0.3) is 0 Å². The van der Waals surface area contributed by atoms with Crippen LogP contribution in [0.15, 0.2) is 36.7 Å². The molecule has 11 heteroatoms. The Balaban J connectivity index is 1.56. The number of halogens is 2. The van der Waals surface area contributed by atoms with E-state index in [1.54, 1.807) is 18.2 Å². The number of nitrogens with one attached hydrogen (secondary N) is 3. The summed E-state index contributed by atoms with van der Waals surface area (Å²) in [6.45, 7) is 3.61. The molecule has 1 unspecified atom stereocenters. The fourth-order valence-electron chi connectivity index (χ4n) is 4.07.